The van der Waals surface area contributed by atoms with Crippen LogP contribution in [0, 0.1) is 5.82 Å². The molecule has 0 saturated heterocycles. The van der Waals surface area contributed by atoms with E-state index in [4.69, 9.17) is 0 Å². The van der Waals surface area contributed by atoms with Crippen molar-refractivity contribution in [3.63, 3.8) is 0 Å². The molecule has 0 unspecified atom stereocenters. The highest BCUT2D eigenvalue weighted by molar-refractivity contribution is 5.99. The summed E-state index contributed by atoms with van der Waals surface area (Å²) in [7, 11) is 0. The minimum atomic E-state index is -4.50. The number of carbonyl (C=O) groups is 1. The number of amides is 1. The van der Waals surface area contributed by atoms with Crippen LogP contribution in [0.1, 0.15) is 17.3 Å². The monoisotopic (exact) mass is 264 g/mol. The summed E-state index contributed by atoms with van der Waals surface area (Å²) in [5, 5.41) is 4.30. The maximum Gasteiger partial charge on any atom is 0.405 e. The van der Waals surface area contributed by atoms with Crippen LogP contribution in [0.3, 0.4) is 0 Å². The molecule has 0 aliphatic carbocycles. The van der Waals surface area contributed by atoms with Crippen LogP contribution in [0.15, 0.2) is 18.2 Å². The predicted molar refractivity (Wildman–Crippen MR) is 59.0 cm³/mol. The molecule has 0 heterocycles. The Labute approximate surface area is 101 Å². The number of benzene rings is 1. The zero-order valence-electron chi connectivity index (χ0n) is 9.57. The van der Waals surface area contributed by atoms with Crippen LogP contribution in [0.2, 0.25) is 0 Å². The molecule has 1 amide bonds. The molecule has 0 atom stereocenters. The Kier molecular flexibility index (Phi) is 4.52. The van der Waals surface area contributed by atoms with E-state index >= 15 is 0 Å². The number of para-hydroxylation sites is 1. The number of hydrogen-bond donors (Lipinski definition) is 2. The fourth-order valence-corrected chi connectivity index (χ4v) is 1.35. The molecule has 0 aliphatic heterocycles. The van der Waals surface area contributed by atoms with E-state index < -0.39 is 24.4 Å². The molecule has 100 valence electrons. The fraction of sp³-hybridized carbons (Fsp3) is 0.364. The average molecular weight is 264 g/mol. The van der Waals surface area contributed by atoms with Gasteiger partial charge in [-0.15, -0.1) is 0 Å². The Morgan fingerprint density at radius 3 is 2.56 bits per heavy atom. The molecular weight excluding hydrogens is 252 g/mol. The quantitative estimate of drug-likeness (QED) is 0.820. The van der Waals surface area contributed by atoms with Crippen LogP contribution in [0.4, 0.5) is 23.2 Å². The first-order valence-corrected chi connectivity index (χ1v) is 5.22. The summed E-state index contributed by atoms with van der Waals surface area (Å²) in [6.45, 7) is 0.582. The third-order valence-electron chi connectivity index (χ3n) is 2.06. The highest BCUT2D eigenvalue weighted by Gasteiger charge is 2.28. The molecule has 3 nitrogen and oxygen atoms in total. The van der Waals surface area contributed by atoms with E-state index in [2.05, 4.69) is 5.32 Å². The van der Waals surface area contributed by atoms with E-state index in [0.717, 1.165) is 6.07 Å². The summed E-state index contributed by atoms with van der Waals surface area (Å²) in [6, 6.07) is 3.64. The Hall–Kier alpha value is -1.79. The van der Waals surface area contributed by atoms with E-state index in [0.29, 0.717) is 6.54 Å². The molecule has 18 heavy (non-hydrogen) atoms. The lowest BCUT2D eigenvalue weighted by molar-refractivity contribution is -0.123. The maximum absolute atomic E-state index is 13.4. The van der Waals surface area contributed by atoms with Gasteiger partial charge in [0, 0.05) is 6.54 Å². The van der Waals surface area contributed by atoms with Crippen molar-refractivity contribution in [2.75, 3.05) is 18.4 Å². The number of halogens is 4. The van der Waals surface area contributed by atoms with Crippen LogP contribution < -0.4 is 10.6 Å². The van der Waals surface area contributed by atoms with Gasteiger partial charge in [-0.05, 0) is 19.1 Å². The van der Waals surface area contributed by atoms with Gasteiger partial charge in [0.15, 0.2) is 0 Å². The third kappa shape index (κ3) is 3.90. The first-order chi connectivity index (χ1) is 8.35. The van der Waals surface area contributed by atoms with Crippen LogP contribution >= 0.6 is 0 Å². The molecule has 0 aromatic heterocycles. The van der Waals surface area contributed by atoms with E-state index in [-0.39, 0.29) is 11.3 Å². The summed E-state index contributed by atoms with van der Waals surface area (Å²) in [4.78, 5) is 11.5. The minimum Gasteiger partial charge on any atom is -0.382 e. The highest BCUT2D eigenvalue weighted by atomic mass is 19.4. The van der Waals surface area contributed by atoms with Crippen LogP contribution in [-0.2, 0) is 0 Å². The molecule has 7 heteroatoms. The minimum absolute atomic E-state index is 0.0975. The number of anilines is 1. The third-order valence-corrected chi connectivity index (χ3v) is 2.06. The summed E-state index contributed by atoms with van der Waals surface area (Å²) in [6.07, 6.45) is -4.50. The second-order valence-corrected chi connectivity index (χ2v) is 3.49. The van der Waals surface area contributed by atoms with Gasteiger partial charge in [0.2, 0.25) is 0 Å². The first kappa shape index (κ1) is 14.3. The van der Waals surface area contributed by atoms with Crippen molar-refractivity contribution < 1.29 is 22.4 Å². The molecule has 1 rings (SSSR count). The van der Waals surface area contributed by atoms with Gasteiger partial charge in [-0.3, -0.25) is 4.79 Å². The molecule has 2 N–H and O–H groups in total. The van der Waals surface area contributed by atoms with E-state index in [9.17, 15) is 22.4 Å². The first-order valence-electron chi connectivity index (χ1n) is 5.22. The second kappa shape index (κ2) is 5.70. The van der Waals surface area contributed by atoms with Gasteiger partial charge >= 0.3 is 6.18 Å². The zero-order chi connectivity index (χ0) is 13.8. The Bertz CT molecular complexity index is 432. The molecule has 0 fully saturated rings. The van der Waals surface area contributed by atoms with Crippen LogP contribution in [0.5, 0.6) is 0 Å². The normalized spacial score (nSPS) is 11.2. The SMILES string of the molecule is CCNc1c(F)cccc1C(=O)NCC(F)(F)F. The standard InChI is InChI=1S/C11H12F4N2O/c1-2-16-9-7(4-3-5-8(9)12)10(18)17-6-11(13,14)15/h3-5,16H,2,6H2,1H3,(H,17,18). The number of alkyl halides is 3. The van der Waals surface area contributed by atoms with Crippen LogP contribution in [-0.4, -0.2) is 25.2 Å². The van der Waals surface area contributed by atoms with Crippen molar-refractivity contribution in [2.24, 2.45) is 0 Å². The van der Waals surface area contributed by atoms with Gasteiger partial charge in [0.25, 0.3) is 5.91 Å². The topological polar surface area (TPSA) is 41.1 Å². The maximum atomic E-state index is 13.4. The molecule has 0 spiro atoms. The van der Waals surface area contributed by atoms with E-state index in [1.165, 1.54) is 12.1 Å². The van der Waals surface area contributed by atoms with Gasteiger partial charge in [-0.25, -0.2) is 4.39 Å². The van der Waals surface area contributed by atoms with Gasteiger partial charge in [0.05, 0.1) is 11.3 Å². The summed E-state index contributed by atoms with van der Waals surface area (Å²) >= 11 is 0. The smallest absolute Gasteiger partial charge is 0.382 e. The van der Waals surface area contributed by atoms with E-state index in [1.54, 1.807) is 12.2 Å². The Balaban J connectivity index is 2.88. The van der Waals surface area contributed by atoms with Crippen molar-refractivity contribution in [1.82, 2.24) is 5.32 Å². The Morgan fingerprint density at radius 2 is 2.00 bits per heavy atom. The van der Waals surface area contributed by atoms with Crippen molar-refractivity contribution in [3.8, 4) is 0 Å². The second-order valence-electron chi connectivity index (χ2n) is 3.49. The van der Waals surface area contributed by atoms with Gasteiger partial charge < -0.3 is 10.6 Å². The summed E-state index contributed by atoms with van der Waals surface area (Å²) in [5.74, 6) is -1.65. The lowest BCUT2D eigenvalue weighted by Crippen LogP contribution is -2.34. The van der Waals surface area contributed by atoms with Crippen molar-refractivity contribution in [3.05, 3.63) is 29.6 Å². The number of nitrogens with one attached hydrogen (secondary N) is 2. The van der Waals surface area contributed by atoms with Gasteiger partial charge in [-0.1, -0.05) is 6.07 Å². The number of rotatable bonds is 4. The molecule has 1 aromatic carbocycles. The summed E-state index contributed by atoms with van der Waals surface area (Å²) < 4.78 is 49.3. The van der Waals surface area contributed by atoms with Gasteiger partial charge in [-0.2, -0.15) is 13.2 Å². The molecule has 0 bridgehead atoms. The predicted octanol–water partition coefficient (Wildman–Crippen LogP) is 2.55. The molecule has 0 saturated carbocycles. The Morgan fingerprint density at radius 1 is 1.33 bits per heavy atom. The van der Waals surface area contributed by atoms with Crippen molar-refractivity contribution in [2.45, 2.75) is 13.1 Å². The number of hydrogen-bond acceptors (Lipinski definition) is 2. The molecule has 1 aromatic rings. The fourth-order valence-electron chi connectivity index (χ4n) is 1.35. The van der Waals surface area contributed by atoms with Crippen molar-refractivity contribution >= 4 is 11.6 Å². The lowest BCUT2D eigenvalue weighted by atomic mass is 10.1. The average Bonchev–Trinajstić information content (AvgIpc) is 2.28. The summed E-state index contributed by atoms with van der Waals surface area (Å²) in [5.41, 5.74) is -0.249. The zero-order valence-corrected chi connectivity index (χ0v) is 9.57. The number of carbonyl (C=O) groups excluding carboxylic acids is 1. The van der Waals surface area contributed by atoms with Gasteiger partial charge in [0.1, 0.15) is 12.4 Å². The molecule has 0 aliphatic rings. The molecular formula is C11H12F4N2O. The lowest BCUT2D eigenvalue weighted by Gasteiger charge is -2.12. The van der Waals surface area contributed by atoms with E-state index in [1.807, 2.05) is 0 Å². The molecule has 0 radical (unpaired) electrons. The highest BCUT2D eigenvalue weighted by Crippen LogP contribution is 2.20. The van der Waals surface area contributed by atoms with Crippen molar-refractivity contribution in [1.29, 1.82) is 0 Å². The van der Waals surface area contributed by atoms with Crippen LogP contribution in [0.25, 0.3) is 0 Å². The largest absolute Gasteiger partial charge is 0.405 e.